The third-order valence-electron chi connectivity index (χ3n) is 3.92. The number of rotatable bonds is 8. The molecule has 2 aromatic rings. The molecule has 1 unspecified atom stereocenters. The monoisotopic (exact) mass is 410 g/mol. The third kappa shape index (κ3) is 3.96. The van der Waals surface area contributed by atoms with Crippen LogP contribution in [-0.2, 0) is 9.53 Å². The van der Waals surface area contributed by atoms with Gasteiger partial charge in [0.15, 0.2) is 5.16 Å². The summed E-state index contributed by atoms with van der Waals surface area (Å²) in [7, 11) is 0. The highest BCUT2D eigenvalue weighted by Gasteiger charge is 2.31. The lowest BCUT2D eigenvalue weighted by Crippen LogP contribution is -2.28. The van der Waals surface area contributed by atoms with Gasteiger partial charge in [0, 0.05) is 0 Å². The van der Waals surface area contributed by atoms with E-state index in [0.29, 0.717) is 11.6 Å². The molecule has 28 heavy (non-hydrogen) atoms. The van der Waals surface area contributed by atoms with Gasteiger partial charge >= 0.3 is 5.97 Å². The highest BCUT2D eigenvalue weighted by molar-refractivity contribution is 7.98. The summed E-state index contributed by atoms with van der Waals surface area (Å²) in [6.45, 7) is 4.97. The number of nitrogens with two attached hydrogens (primary N) is 2. The Morgan fingerprint density at radius 3 is 2.50 bits per heavy atom. The lowest BCUT2D eigenvalue weighted by molar-refractivity contribution is -0.119. The molecule has 2 aromatic heterocycles. The van der Waals surface area contributed by atoms with Crippen LogP contribution in [-0.4, -0.2) is 45.4 Å². The lowest BCUT2D eigenvalue weighted by Gasteiger charge is -2.18. The topological polar surface area (TPSA) is 168 Å². The minimum absolute atomic E-state index is 0.0734. The Hall–Kier alpha value is -3.02. The van der Waals surface area contributed by atoms with E-state index >= 15 is 0 Å². The number of carbonyl (C=O) groups is 3. The molecule has 0 saturated heterocycles. The van der Waals surface area contributed by atoms with Crippen LogP contribution in [0.25, 0.3) is 0 Å². The maximum Gasteiger partial charge on any atom is 0.342 e. The summed E-state index contributed by atoms with van der Waals surface area (Å²) >= 11 is 1.28. The van der Waals surface area contributed by atoms with Gasteiger partial charge in [-0.3, -0.25) is 19.5 Å². The fourth-order valence-electron chi connectivity index (χ4n) is 2.72. The van der Waals surface area contributed by atoms with Crippen LogP contribution in [0.1, 0.15) is 52.8 Å². The summed E-state index contributed by atoms with van der Waals surface area (Å²) in [5.74, 6) is -2.28. The number of thioether (sulfide) groups is 1. The zero-order valence-electron chi connectivity index (χ0n) is 15.9. The van der Waals surface area contributed by atoms with E-state index in [-0.39, 0.29) is 35.3 Å². The summed E-state index contributed by atoms with van der Waals surface area (Å²) < 4.78 is 11.8. The molecule has 0 bridgehead atoms. The predicted molar refractivity (Wildman–Crippen MR) is 102 cm³/mol. The fraction of sp³-hybridized carbons (Fsp3) is 0.438. The van der Waals surface area contributed by atoms with Crippen molar-refractivity contribution in [1.29, 1.82) is 0 Å². The van der Waals surface area contributed by atoms with E-state index < -0.39 is 23.8 Å². The third-order valence-corrected chi connectivity index (χ3v) is 4.56. The average molecular weight is 410 g/mol. The first-order chi connectivity index (χ1) is 13.3. The van der Waals surface area contributed by atoms with E-state index in [1.807, 2.05) is 0 Å². The van der Waals surface area contributed by atoms with Crippen molar-refractivity contribution in [3.8, 4) is 0 Å². The van der Waals surface area contributed by atoms with Crippen molar-refractivity contribution >= 4 is 41.4 Å². The summed E-state index contributed by atoms with van der Waals surface area (Å²) in [4.78, 5) is 36.9. The van der Waals surface area contributed by atoms with E-state index in [1.54, 1.807) is 20.1 Å². The van der Waals surface area contributed by atoms with E-state index in [1.165, 1.54) is 23.3 Å². The standard InChI is InChI=1S/C16H22N6O5S/c1-5-8(22-15(18)20-21-16(22)28-4)12(24)19-13-10(11(17)23)9(7(3)27-13)14(25)26-6-2/h8H,5-6H2,1-4H3,(H2,17,23)(H2,18,20)(H,19,24). The minimum Gasteiger partial charge on any atom is -0.462 e. The molecule has 2 heterocycles. The van der Waals surface area contributed by atoms with Gasteiger partial charge in [-0.15, -0.1) is 10.2 Å². The van der Waals surface area contributed by atoms with Crippen molar-refractivity contribution in [2.45, 2.75) is 38.4 Å². The normalized spacial score (nSPS) is 11.9. The molecule has 12 heteroatoms. The van der Waals surface area contributed by atoms with Crippen molar-refractivity contribution < 1.29 is 23.5 Å². The number of hydrogen-bond acceptors (Lipinski definition) is 9. The maximum atomic E-state index is 12.9. The molecule has 0 fully saturated rings. The highest BCUT2D eigenvalue weighted by Crippen LogP contribution is 2.30. The Kier molecular flexibility index (Phi) is 6.67. The van der Waals surface area contributed by atoms with Crippen molar-refractivity contribution in [1.82, 2.24) is 14.8 Å². The van der Waals surface area contributed by atoms with Crippen LogP contribution >= 0.6 is 11.8 Å². The first-order valence-electron chi connectivity index (χ1n) is 8.42. The number of aryl methyl sites for hydroxylation is 1. The van der Waals surface area contributed by atoms with Crippen molar-refractivity contribution in [2.24, 2.45) is 5.73 Å². The van der Waals surface area contributed by atoms with E-state index in [9.17, 15) is 14.4 Å². The first-order valence-corrected chi connectivity index (χ1v) is 9.64. The molecule has 0 spiro atoms. The average Bonchev–Trinajstić information content (AvgIpc) is 3.16. The number of nitrogens with one attached hydrogen (secondary N) is 1. The van der Waals surface area contributed by atoms with Gasteiger partial charge in [0.1, 0.15) is 22.9 Å². The van der Waals surface area contributed by atoms with Crippen LogP contribution in [0.3, 0.4) is 0 Å². The Labute approximate surface area is 165 Å². The summed E-state index contributed by atoms with van der Waals surface area (Å²) in [6, 6.07) is -0.769. The van der Waals surface area contributed by atoms with Crippen LogP contribution in [0.4, 0.5) is 11.8 Å². The second-order valence-corrected chi connectivity index (χ2v) is 6.42. The van der Waals surface area contributed by atoms with Gasteiger partial charge in [-0.05, 0) is 26.5 Å². The second kappa shape index (κ2) is 8.78. The number of anilines is 2. The molecule has 0 aliphatic carbocycles. The number of carbonyl (C=O) groups excluding carboxylic acids is 3. The quantitative estimate of drug-likeness (QED) is 0.429. The van der Waals surface area contributed by atoms with Gasteiger partial charge in [-0.2, -0.15) is 0 Å². The van der Waals surface area contributed by atoms with Crippen molar-refractivity contribution in [3.05, 3.63) is 16.9 Å². The van der Waals surface area contributed by atoms with Crippen LogP contribution in [0.5, 0.6) is 0 Å². The molecule has 0 saturated carbocycles. The number of ether oxygens (including phenoxy) is 1. The van der Waals surface area contributed by atoms with E-state index in [0.717, 1.165) is 0 Å². The Morgan fingerprint density at radius 1 is 1.29 bits per heavy atom. The first kappa shape index (κ1) is 21.3. The SMILES string of the molecule is CCOC(=O)c1c(C)oc(NC(=O)C(CC)n2c(N)nnc2SC)c1C(N)=O. The second-order valence-electron chi connectivity index (χ2n) is 5.65. The molecule has 0 radical (unpaired) electrons. The van der Waals surface area contributed by atoms with Gasteiger partial charge in [-0.1, -0.05) is 18.7 Å². The Morgan fingerprint density at radius 2 is 1.96 bits per heavy atom. The zero-order valence-corrected chi connectivity index (χ0v) is 16.8. The van der Waals surface area contributed by atoms with Gasteiger partial charge in [0.25, 0.3) is 5.91 Å². The number of furan rings is 1. The molecule has 0 aromatic carbocycles. The van der Waals surface area contributed by atoms with Gasteiger partial charge in [0.2, 0.25) is 17.7 Å². The number of primary amides is 1. The van der Waals surface area contributed by atoms with E-state index in [4.69, 9.17) is 20.6 Å². The summed E-state index contributed by atoms with van der Waals surface area (Å²) in [5, 5.41) is 10.7. The molecule has 0 aliphatic heterocycles. The molecular weight excluding hydrogens is 388 g/mol. The molecule has 1 atom stereocenters. The number of nitrogen functional groups attached to an aromatic ring is 1. The van der Waals surface area contributed by atoms with Gasteiger partial charge < -0.3 is 20.6 Å². The van der Waals surface area contributed by atoms with Crippen LogP contribution in [0.2, 0.25) is 0 Å². The van der Waals surface area contributed by atoms with Gasteiger partial charge in [-0.25, -0.2) is 4.79 Å². The smallest absolute Gasteiger partial charge is 0.342 e. The van der Waals surface area contributed by atoms with E-state index in [2.05, 4.69) is 15.5 Å². The number of amides is 2. The largest absolute Gasteiger partial charge is 0.462 e. The predicted octanol–water partition coefficient (Wildman–Crippen LogP) is 1.35. The molecular formula is C16H22N6O5S. The molecule has 152 valence electrons. The van der Waals surface area contributed by atoms with Crippen LogP contribution in [0.15, 0.2) is 9.57 Å². The fourth-order valence-corrected chi connectivity index (χ4v) is 3.26. The molecule has 2 rings (SSSR count). The van der Waals surface area contributed by atoms with Crippen LogP contribution < -0.4 is 16.8 Å². The van der Waals surface area contributed by atoms with Gasteiger partial charge in [0.05, 0.1) is 6.61 Å². The molecule has 2 amide bonds. The Bertz CT molecular complexity index is 906. The van der Waals surface area contributed by atoms with Crippen molar-refractivity contribution in [3.63, 3.8) is 0 Å². The number of esters is 1. The maximum absolute atomic E-state index is 12.9. The highest BCUT2D eigenvalue weighted by atomic mass is 32.2. The number of aromatic nitrogens is 3. The molecule has 5 N–H and O–H groups in total. The zero-order chi connectivity index (χ0) is 21.0. The van der Waals surface area contributed by atoms with Crippen molar-refractivity contribution in [2.75, 3.05) is 23.9 Å². The number of hydrogen-bond donors (Lipinski definition) is 3. The molecule has 0 aliphatic rings. The summed E-state index contributed by atoms with van der Waals surface area (Å²) in [5.41, 5.74) is 10.9. The molecule has 11 nitrogen and oxygen atoms in total. The number of nitrogens with zero attached hydrogens (tertiary/aromatic N) is 3. The lowest BCUT2D eigenvalue weighted by atomic mass is 10.1. The Balaban J connectivity index is 2.42. The summed E-state index contributed by atoms with van der Waals surface area (Å²) in [6.07, 6.45) is 2.13. The minimum atomic E-state index is -0.933. The van der Waals surface area contributed by atoms with Crippen LogP contribution in [0, 0.1) is 6.92 Å².